The third kappa shape index (κ3) is 42.2. The summed E-state index contributed by atoms with van der Waals surface area (Å²) in [6, 6.07) is 0. The number of rotatable bonds is 45. The smallest absolute Gasteiger partial charge is 0.306 e. The molecule has 2 atom stereocenters. The molecule has 0 saturated carbocycles. The first-order valence-corrected chi connectivity index (χ1v) is 24.3. The van der Waals surface area contributed by atoms with Gasteiger partial charge in [-0.15, -0.1) is 0 Å². The first-order valence-electron chi connectivity index (χ1n) is 24.3. The van der Waals surface area contributed by atoms with Crippen molar-refractivity contribution < 1.29 is 42.9 Å². The van der Waals surface area contributed by atoms with Gasteiger partial charge in [0.15, 0.2) is 12.4 Å². The van der Waals surface area contributed by atoms with Crippen LogP contribution in [0.5, 0.6) is 0 Å². The van der Waals surface area contributed by atoms with Crippen molar-refractivity contribution >= 4 is 17.9 Å². The Morgan fingerprint density at radius 2 is 0.879 bits per heavy atom. The molecule has 0 aliphatic carbocycles. The van der Waals surface area contributed by atoms with Crippen LogP contribution >= 0.6 is 0 Å². The molecule has 0 aromatic heterocycles. The molecule has 9 nitrogen and oxygen atoms in total. The Kier molecular flexibility index (Phi) is 40.3. The number of allylic oxidation sites excluding steroid dienone is 2. The summed E-state index contributed by atoms with van der Waals surface area (Å²) in [6.07, 6.45) is 41.0. The number of quaternary nitrogens is 1. The minimum Gasteiger partial charge on any atom is -0.545 e. The second-order valence-corrected chi connectivity index (χ2v) is 17.8. The summed E-state index contributed by atoms with van der Waals surface area (Å²) < 4.78 is 22.6. The summed E-state index contributed by atoms with van der Waals surface area (Å²) in [5.41, 5.74) is 0. The van der Waals surface area contributed by atoms with E-state index in [9.17, 15) is 19.5 Å². The van der Waals surface area contributed by atoms with Crippen molar-refractivity contribution in [2.24, 2.45) is 0 Å². The van der Waals surface area contributed by atoms with Crippen LogP contribution in [0, 0.1) is 0 Å². The Morgan fingerprint density at radius 1 is 0.500 bits per heavy atom. The molecule has 0 aliphatic heterocycles. The molecule has 0 aromatic carbocycles. The molecule has 0 fully saturated rings. The second-order valence-electron chi connectivity index (χ2n) is 17.8. The van der Waals surface area contributed by atoms with Crippen LogP contribution in [0.1, 0.15) is 226 Å². The standard InChI is InChI=1S/C49H93NO8/c1-6-8-10-12-14-16-18-20-22-23-24-25-26-28-29-31-33-35-37-39-46(51)56-43-45(44-57-49(48(53)54)55-42-41-50(3,4)5)58-47(52)40-38-36-34-32-30-27-21-19-17-15-13-11-9-7-2/h19,21,45,49H,6-18,20,22-44H2,1-5H3/b21-19-. The highest BCUT2D eigenvalue weighted by molar-refractivity contribution is 5.70. The first kappa shape index (κ1) is 56.0. The van der Waals surface area contributed by atoms with Gasteiger partial charge in [-0.05, 0) is 38.5 Å². The van der Waals surface area contributed by atoms with Crippen LogP contribution in [0.4, 0.5) is 0 Å². The SMILES string of the molecule is CCCCCCC/C=C\CCCCCCCC(=O)OC(COC(=O)CCCCCCCCCCCCCCCCCCCCC)COC(OCC[N+](C)(C)C)C(=O)[O-]. The zero-order valence-corrected chi connectivity index (χ0v) is 38.7. The van der Waals surface area contributed by atoms with Crippen molar-refractivity contribution in [1.82, 2.24) is 0 Å². The lowest BCUT2D eigenvalue weighted by Crippen LogP contribution is -2.44. The molecule has 0 heterocycles. The van der Waals surface area contributed by atoms with Crippen LogP contribution in [0.3, 0.4) is 0 Å². The van der Waals surface area contributed by atoms with Gasteiger partial charge in [0.1, 0.15) is 13.2 Å². The van der Waals surface area contributed by atoms with E-state index in [0.29, 0.717) is 23.9 Å². The van der Waals surface area contributed by atoms with Crippen molar-refractivity contribution in [2.45, 2.75) is 238 Å². The maximum atomic E-state index is 12.7. The van der Waals surface area contributed by atoms with E-state index in [4.69, 9.17) is 18.9 Å². The first-order chi connectivity index (χ1) is 28.1. The predicted octanol–water partition coefficient (Wildman–Crippen LogP) is 11.7. The van der Waals surface area contributed by atoms with E-state index in [1.807, 2.05) is 21.1 Å². The van der Waals surface area contributed by atoms with Crippen LogP contribution < -0.4 is 5.11 Å². The number of ether oxygens (including phenoxy) is 4. The fourth-order valence-corrected chi connectivity index (χ4v) is 6.94. The molecule has 0 aromatic rings. The Labute approximate surface area is 357 Å². The molecule has 58 heavy (non-hydrogen) atoms. The zero-order valence-electron chi connectivity index (χ0n) is 38.7. The van der Waals surface area contributed by atoms with Crippen molar-refractivity contribution in [3.05, 3.63) is 12.2 Å². The third-order valence-electron chi connectivity index (χ3n) is 10.8. The van der Waals surface area contributed by atoms with Gasteiger partial charge in [0.25, 0.3) is 0 Å². The van der Waals surface area contributed by atoms with Gasteiger partial charge in [0.2, 0.25) is 0 Å². The molecule has 0 aliphatic rings. The van der Waals surface area contributed by atoms with Crippen molar-refractivity contribution in [3.63, 3.8) is 0 Å². The van der Waals surface area contributed by atoms with Gasteiger partial charge in [-0.3, -0.25) is 9.59 Å². The van der Waals surface area contributed by atoms with Crippen LogP contribution in [-0.4, -0.2) is 82.3 Å². The normalized spacial score (nSPS) is 12.9. The van der Waals surface area contributed by atoms with E-state index in [0.717, 1.165) is 51.4 Å². The maximum absolute atomic E-state index is 12.7. The summed E-state index contributed by atoms with van der Waals surface area (Å²) in [4.78, 5) is 37.0. The van der Waals surface area contributed by atoms with E-state index >= 15 is 0 Å². The maximum Gasteiger partial charge on any atom is 0.306 e. The molecule has 9 heteroatoms. The number of esters is 2. The molecule has 0 rings (SSSR count). The average molecular weight is 824 g/mol. The van der Waals surface area contributed by atoms with Crippen LogP contribution in [0.2, 0.25) is 0 Å². The Bertz CT molecular complexity index is 965. The lowest BCUT2D eigenvalue weighted by atomic mass is 10.0. The second kappa shape index (κ2) is 41.8. The third-order valence-corrected chi connectivity index (χ3v) is 10.8. The average Bonchev–Trinajstić information content (AvgIpc) is 3.18. The highest BCUT2D eigenvalue weighted by Crippen LogP contribution is 2.16. The van der Waals surface area contributed by atoms with Crippen molar-refractivity contribution in [1.29, 1.82) is 0 Å². The van der Waals surface area contributed by atoms with Gasteiger partial charge in [-0.25, -0.2) is 0 Å². The minimum atomic E-state index is -1.62. The van der Waals surface area contributed by atoms with Crippen LogP contribution in [0.15, 0.2) is 12.2 Å². The van der Waals surface area contributed by atoms with E-state index in [2.05, 4.69) is 26.0 Å². The molecular formula is C49H93NO8. The van der Waals surface area contributed by atoms with E-state index in [1.165, 1.54) is 141 Å². The van der Waals surface area contributed by atoms with Crippen molar-refractivity contribution in [2.75, 3.05) is 47.5 Å². The molecule has 0 bridgehead atoms. The fraction of sp³-hybridized carbons (Fsp3) is 0.898. The Hall–Kier alpha value is -1.97. The molecular weight excluding hydrogens is 731 g/mol. The number of carboxylic acids is 1. The summed E-state index contributed by atoms with van der Waals surface area (Å²) in [7, 11) is 5.91. The van der Waals surface area contributed by atoms with Crippen LogP contribution in [-0.2, 0) is 33.3 Å². The fourth-order valence-electron chi connectivity index (χ4n) is 6.94. The van der Waals surface area contributed by atoms with Gasteiger partial charge < -0.3 is 33.3 Å². The van der Waals surface area contributed by atoms with E-state index < -0.39 is 24.3 Å². The number of carbonyl (C=O) groups excluding carboxylic acids is 3. The largest absolute Gasteiger partial charge is 0.545 e. The summed E-state index contributed by atoms with van der Waals surface area (Å²) in [5.74, 6) is -2.28. The summed E-state index contributed by atoms with van der Waals surface area (Å²) in [5, 5.41) is 11.7. The minimum absolute atomic E-state index is 0.149. The number of aliphatic carboxylic acids is 1. The van der Waals surface area contributed by atoms with Gasteiger partial charge in [0.05, 0.1) is 40.3 Å². The number of nitrogens with zero attached hydrogens (tertiary/aromatic N) is 1. The monoisotopic (exact) mass is 824 g/mol. The predicted molar refractivity (Wildman–Crippen MR) is 237 cm³/mol. The molecule has 0 spiro atoms. The molecule has 342 valence electrons. The Morgan fingerprint density at radius 3 is 1.28 bits per heavy atom. The number of unbranched alkanes of at least 4 members (excludes halogenated alkanes) is 28. The summed E-state index contributed by atoms with van der Waals surface area (Å²) in [6.45, 7) is 4.75. The van der Waals surface area contributed by atoms with Crippen LogP contribution in [0.25, 0.3) is 0 Å². The number of hydrogen-bond donors (Lipinski definition) is 0. The molecule has 2 unspecified atom stereocenters. The molecule has 0 N–H and O–H groups in total. The molecule has 0 saturated heterocycles. The van der Waals surface area contributed by atoms with Crippen molar-refractivity contribution in [3.8, 4) is 0 Å². The van der Waals surface area contributed by atoms with Gasteiger partial charge in [-0.2, -0.15) is 0 Å². The highest BCUT2D eigenvalue weighted by Gasteiger charge is 2.21. The number of carbonyl (C=O) groups is 3. The van der Waals surface area contributed by atoms with E-state index in [1.54, 1.807) is 0 Å². The Balaban J connectivity index is 4.33. The van der Waals surface area contributed by atoms with E-state index in [-0.39, 0.29) is 32.2 Å². The quantitative estimate of drug-likeness (QED) is 0.0196. The summed E-state index contributed by atoms with van der Waals surface area (Å²) >= 11 is 0. The van der Waals surface area contributed by atoms with Gasteiger partial charge in [0, 0.05) is 12.8 Å². The lowest BCUT2D eigenvalue weighted by molar-refractivity contribution is -0.870. The van der Waals surface area contributed by atoms with Gasteiger partial charge in [-0.1, -0.05) is 187 Å². The number of carboxylic acid groups (broad SMARTS) is 1. The zero-order chi connectivity index (χ0) is 42.8. The topological polar surface area (TPSA) is 111 Å². The number of hydrogen-bond acceptors (Lipinski definition) is 8. The number of likely N-dealkylation sites (N-methyl/N-ethyl adjacent to an activating group) is 1. The van der Waals surface area contributed by atoms with Gasteiger partial charge >= 0.3 is 11.9 Å². The molecule has 0 amide bonds. The lowest BCUT2D eigenvalue weighted by Gasteiger charge is -2.26. The highest BCUT2D eigenvalue weighted by atomic mass is 16.7. The molecule has 0 radical (unpaired) electrons.